The summed E-state index contributed by atoms with van der Waals surface area (Å²) in [5.41, 5.74) is 4.68. The summed E-state index contributed by atoms with van der Waals surface area (Å²) in [5.74, 6) is -1.25. The number of carboxylic acids is 1. The van der Waals surface area contributed by atoms with Gasteiger partial charge in [0, 0.05) is 31.0 Å². The van der Waals surface area contributed by atoms with E-state index in [0.717, 1.165) is 24.0 Å². The molecule has 0 radical (unpaired) electrons. The van der Waals surface area contributed by atoms with Gasteiger partial charge in [0.25, 0.3) is 0 Å². The van der Waals surface area contributed by atoms with Crippen LogP contribution in [0.15, 0.2) is 48.5 Å². The zero-order valence-electron chi connectivity index (χ0n) is 18.8. The summed E-state index contributed by atoms with van der Waals surface area (Å²) >= 11 is 0. The number of nitrogens with zero attached hydrogens (tertiary/aromatic N) is 1. The second-order valence-electron chi connectivity index (χ2n) is 8.85. The van der Waals surface area contributed by atoms with E-state index in [1.165, 1.54) is 11.1 Å². The molecule has 0 heterocycles. The molecule has 7 nitrogen and oxygen atoms in total. The molecule has 1 unspecified atom stereocenters. The molecule has 2 aromatic rings. The number of carbonyl (C=O) groups excluding carboxylic acids is 2. The SMILES string of the molecule is CC(CCNC(=O)OCC1c2ccccc2-c2ccccc21)C(=O)N(CCC(=O)O)C1CC1. The highest BCUT2D eigenvalue weighted by molar-refractivity contribution is 5.80. The highest BCUT2D eigenvalue weighted by atomic mass is 16.5. The van der Waals surface area contributed by atoms with Crippen LogP contribution >= 0.6 is 0 Å². The maximum absolute atomic E-state index is 12.7. The lowest BCUT2D eigenvalue weighted by atomic mass is 9.98. The van der Waals surface area contributed by atoms with Gasteiger partial charge < -0.3 is 20.1 Å². The molecule has 0 aromatic heterocycles. The lowest BCUT2D eigenvalue weighted by molar-refractivity contribution is -0.140. The Labute approximate surface area is 193 Å². The summed E-state index contributed by atoms with van der Waals surface area (Å²) in [5, 5.41) is 11.7. The van der Waals surface area contributed by atoms with Crippen molar-refractivity contribution in [3.8, 4) is 11.1 Å². The van der Waals surface area contributed by atoms with Gasteiger partial charge in [0.05, 0.1) is 6.42 Å². The maximum atomic E-state index is 12.7. The molecule has 174 valence electrons. The van der Waals surface area contributed by atoms with Crippen molar-refractivity contribution in [3.05, 3.63) is 59.7 Å². The van der Waals surface area contributed by atoms with Crippen molar-refractivity contribution in [1.82, 2.24) is 10.2 Å². The molecular weight excluding hydrogens is 420 g/mol. The van der Waals surface area contributed by atoms with Crippen LogP contribution in [0.4, 0.5) is 4.79 Å². The van der Waals surface area contributed by atoms with Gasteiger partial charge in [0.2, 0.25) is 5.91 Å². The summed E-state index contributed by atoms with van der Waals surface area (Å²) < 4.78 is 5.53. The van der Waals surface area contributed by atoms with E-state index in [4.69, 9.17) is 9.84 Å². The Morgan fingerprint density at radius 2 is 1.67 bits per heavy atom. The number of nitrogens with one attached hydrogen (secondary N) is 1. The van der Waals surface area contributed by atoms with Crippen molar-refractivity contribution in [2.24, 2.45) is 5.92 Å². The van der Waals surface area contributed by atoms with Gasteiger partial charge in [0.1, 0.15) is 6.61 Å². The second kappa shape index (κ2) is 10.1. The summed E-state index contributed by atoms with van der Waals surface area (Å²) in [4.78, 5) is 37.6. The average Bonchev–Trinajstić information content (AvgIpc) is 3.60. The molecule has 0 aliphatic heterocycles. The zero-order chi connectivity index (χ0) is 23.4. The summed E-state index contributed by atoms with van der Waals surface area (Å²) in [6.45, 7) is 2.63. The Bertz CT molecular complexity index is 987. The Morgan fingerprint density at radius 1 is 1.06 bits per heavy atom. The van der Waals surface area contributed by atoms with Crippen LogP contribution in [0, 0.1) is 5.92 Å². The number of rotatable bonds is 10. The average molecular weight is 451 g/mol. The Kier molecular flexibility index (Phi) is 6.96. The normalized spacial score (nSPS) is 15.3. The number of benzene rings is 2. The first-order valence-corrected chi connectivity index (χ1v) is 11.6. The van der Waals surface area contributed by atoms with Crippen molar-refractivity contribution < 1.29 is 24.2 Å². The van der Waals surface area contributed by atoms with Crippen LogP contribution in [0.2, 0.25) is 0 Å². The van der Waals surface area contributed by atoms with E-state index in [0.29, 0.717) is 13.0 Å². The van der Waals surface area contributed by atoms with Gasteiger partial charge >= 0.3 is 12.1 Å². The van der Waals surface area contributed by atoms with Crippen molar-refractivity contribution >= 4 is 18.0 Å². The van der Waals surface area contributed by atoms with Gasteiger partial charge in [-0.3, -0.25) is 9.59 Å². The third-order valence-corrected chi connectivity index (χ3v) is 6.45. The Balaban J connectivity index is 1.25. The van der Waals surface area contributed by atoms with Crippen LogP contribution in [0.5, 0.6) is 0 Å². The van der Waals surface area contributed by atoms with Gasteiger partial charge in [0.15, 0.2) is 0 Å². The third-order valence-electron chi connectivity index (χ3n) is 6.45. The fourth-order valence-electron chi connectivity index (χ4n) is 4.52. The van der Waals surface area contributed by atoms with Crippen molar-refractivity contribution in [2.75, 3.05) is 19.7 Å². The number of hydrogen-bond donors (Lipinski definition) is 2. The fraction of sp³-hybridized carbons (Fsp3) is 0.423. The molecule has 1 saturated carbocycles. The minimum absolute atomic E-state index is 0.00462. The first-order chi connectivity index (χ1) is 16.0. The van der Waals surface area contributed by atoms with E-state index in [2.05, 4.69) is 29.6 Å². The molecule has 33 heavy (non-hydrogen) atoms. The molecule has 7 heteroatoms. The lowest BCUT2D eigenvalue weighted by Gasteiger charge is -2.25. The maximum Gasteiger partial charge on any atom is 0.407 e. The molecule has 1 fully saturated rings. The van der Waals surface area contributed by atoms with E-state index >= 15 is 0 Å². The van der Waals surface area contributed by atoms with Gasteiger partial charge in [-0.05, 0) is 41.5 Å². The highest BCUT2D eigenvalue weighted by Gasteiger charge is 2.34. The van der Waals surface area contributed by atoms with Gasteiger partial charge in [-0.15, -0.1) is 0 Å². The Morgan fingerprint density at radius 3 is 2.24 bits per heavy atom. The third kappa shape index (κ3) is 5.35. The topological polar surface area (TPSA) is 95.9 Å². The van der Waals surface area contributed by atoms with Crippen LogP contribution in [-0.4, -0.2) is 53.7 Å². The predicted octanol–water partition coefficient (Wildman–Crippen LogP) is 4.02. The van der Waals surface area contributed by atoms with E-state index in [1.807, 2.05) is 31.2 Å². The molecule has 4 rings (SSSR count). The smallest absolute Gasteiger partial charge is 0.407 e. The van der Waals surface area contributed by atoms with Crippen LogP contribution in [0.25, 0.3) is 11.1 Å². The quantitative estimate of drug-likeness (QED) is 0.570. The fourth-order valence-corrected chi connectivity index (χ4v) is 4.52. The summed E-state index contributed by atoms with van der Waals surface area (Å²) in [6.07, 6.45) is 1.78. The minimum atomic E-state index is -0.905. The van der Waals surface area contributed by atoms with Crippen LogP contribution in [0.3, 0.4) is 0 Å². The van der Waals surface area contributed by atoms with Crippen molar-refractivity contribution in [3.63, 3.8) is 0 Å². The minimum Gasteiger partial charge on any atom is -0.481 e. The molecular formula is C26H30N2O5. The zero-order valence-corrected chi connectivity index (χ0v) is 18.8. The Hall–Kier alpha value is -3.35. The van der Waals surface area contributed by atoms with E-state index in [9.17, 15) is 14.4 Å². The van der Waals surface area contributed by atoms with Gasteiger partial charge in [-0.1, -0.05) is 55.5 Å². The lowest BCUT2D eigenvalue weighted by Crippen LogP contribution is -2.39. The molecule has 1 atom stereocenters. The number of fused-ring (bicyclic) bond motifs is 3. The summed E-state index contributed by atoms with van der Waals surface area (Å²) in [7, 11) is 0. The molecule has 0 saturated heterocycles. The first-order valence-electron chi connectivity index (χ1n) is 11.6. The molecule has 2 amide bonds. The van der Waals surface area contributed by atoms with E-state index in [-0.39, 0.29) is 43.4 Å². The standard InChI is InChI=1S/C26H30N2O5/c1-17(25(31)28(18-10-11-18)15-13-24(29)30)12-14-27-26(32)33-16-23-21-8-4-2-6-19(21)20-7-3-5-9-22(20)23/h2-9,17-18,23H,10-16H2,1H3,(H,27,32)(H,29,30). The molecule has 0 spiro atoms. The number of carboxylic acid groups (broad SMARTS) is 1. The second-order valence-corrected chi connectivity index (χ2v) is 8.85. The van der Waals surface area contributed by atoms with Crippen molar-refractivity contribution in [2.45, 2.75) is 44.6 Å². The van der Waals surface area contributed by atoms with Crippen molar-refractivity contribution in [1.29, 1.82) is 0 Å². The highest BCUT2D eigenvalue weighted by Crippen LogP contribution is 2.44. The molecule has 2 aliphatic rings. The largest absolute Gasteiger partial charge is 0.481 e. The number of carbonyl (C=O) groups is 3. The number of alkyl carbamates (subject to hydrolysis) is 1. The number of hydrogen-bond acceptors (Lipinski definition) is 4. The molecule has 0 bridgehead atoms. The van der Waals surface area contributed by atoms with Gasteiger partial charge in [-0.25, -0.2) is 4.79 Å². The first kappa shape index (κ1) is 22.8. The van der Waals surface area contributed by atoms with E-state index in [1.54, 1.807) is 4.90 Å². The molecule has 2 aliphatic carbocycles. The molecule has 2 N–H and O–H groups in total. The number of ether oxygens (including phenoxy) is 1. The number of aliphatic carboxylic acids is 1. The van der Waals surface area contributed by atoms with Crippen LogP contribution < -0.4 is 5.32 Å². The molecule has 2 aromatic carbocycles. The number of amides is 2. The monoisotopic (exact) mass is 450 g/mol. The van der Waals surface area contributed by atoms with Crippen LogP contribution in [-0.2, 0) is 14.3 Å². The van der Waals surface area contributed by atoms with Crippen LogP contribution in [0.1, 0.15) is 49.7 Å². The van der Waals surface area contributed by atoms with Gasteiger partial charge in [-0.2, -0.15) is 0 Å². The van der Waals surface area contributed by atoms with E-state index < -0.39 is 12.1 Å². The summed E-state index contributed by atoms with van der Waals surface area (Å²) in [6, 6.07) is 16.5. The predicted molar refractivity (Wildman–Crippen MR) is 124 cm³/mol.